The zero-order valence-corrected chi connectivity index (χ0v) is 11.9. The van der Waals surface area contributed by atoms with Crippen LogP contribution < -0.4 is 4.74 Å². The first-order chi connectivity index (χ1) is 10.1. The average molecular weight is 303 g/mol. The first-order valence-corrected chi connectivity index (χ1v) is 6.60. The summed E-state index contributed by atoms with van der Waals surface area (Å²) in [4.78, 5) is 10.2. The summed E-state index contributed by atoms with van der Waals surface area (Å²) < 4.78 is 7.77. The predicted molar refractivity (Wildman–Crippen MR) is 81.1 cm³/mol. The van der Waals surface area contributed by atoms with Crippen LogP contribution in [0.4, 0.5) is 5.69 Å². The molecule has 0 aliphatic rings. The Morgan fingerprint density at radius 1 is 1.19 bits per heavy atom. The van der Waals surface area contributed by atoms with Crippen molar-refractivity contribution in [3.8, 4) is 11.5 Å². The quantitative estimate of drug-likeness (QED) is 0.527. The van der Waals surface area contributed by atoms with Crippen molar-refractivity contribution in [3.05, 3.63) is 63.8 Å². The summed E-state index contributed by atoms with van der Waals surface area (Å²) in [6.07, 6.45) is 1.94. The second kappa shape index (κ2) is 5.10. The van der Waals surface area contributed by atoms with E-state index in [-0.39, 0.29) is 10.7 Å². The minimum Gasteiger partial charge on any atom is -0.454 e. The number of benzene rings is 2. The molecule has 1 heterocycles. The first kappa shape index (κ1) is 13.5. The Labute approximate surface area is 125 Å². The zero-order chi connectivity index (χ0) is 15.0. The van der Waals surface area contributed by atoms with Gasteiger partial charge in [-0.1, -0.05) is 23.7 Å². The third kappa shape index (κ3) is 2.43. The third-order valence-electron chi connectivity index (χ3n) is 3.21. The van der Waals surface area contributed by atoms with Gasteiger partial charge < -0.3 is 9.30 Å². The highest BCUT2D eigenvalue weighted by Gasteiger charge is 2.13. The van der Waals surface area contributed by atoms with Gasteiger partial charge in [0.2, 0.25) is 0 Å². The molecule has 5 nitrogen and oxygen atoms in total. The number of para-hydroxylation sites is 1. The second-order valence-corrected chi connectivity index (χ2v) is 5.00. The molecule has 0 N–H and O–H groups in total. The van der Waals surface area contributed by atoms with Crippen LogP contribution in [0.5, 0.6) is 11.5 Å². The Morgan fingerprint density at radius 3 is 2.71 bits per heavy atom. The van der Waals surface area contributed by atoms with Crippen molar-refractivity contribution in [2.45, 2.75) is 0 Å². The molecule has 0 spiro atoms. The van der Waals surface area contributed by atoms with Crippen LogP contribution in [0.25, 0.3) is 10.9 Å². The minimum absolute atomic E-state index is 0.0653. The Balaban J connectivity index is 2.03. The van der Waals surface area contributed by atoms with Gasteiger partial charge in [-0.3, -0.25) is 10.1 Å². The molecule has 0 bridgehead atoms. The number of nitrogens with zero attached hydrogens (tertiary/aromatic N) is 2. The maximum absolute atomic E-state index is 10.7. The highest BCUT2D eigenvalue weighted by molar-refractivity contribution is 6.32. The largest absolute Gasteiger partial charge is 0.454 e. The number of ether oxygens (including phenoxy) is 1. The number of hydrogen-bond acceptors (Lipinski definition) is 3. The van der Waals surface area contributed by atoms with Crippen molar-refractivity contribution >= 4 is 28.2 Å². The lowest BCUT2D eigenvalue weighted by Gasteiger charge is -2.10. The summed E-state index contributed by atoms with van der Waals surface area (Å²) in [6.45, 7) is 0. The molecule has 3 rings (SSSR count). The molecule has 0 radical (unpaired) electrons. The topological polar surface area (TPSA) is 57.3 Å². The fourth-order valence-corrected chi connectivity index (χ4v) is 2.42. The SMILES string of the molecule is Cn1ccc2cccc(Oc3ccc([N+](=O)[O-])cc3Cl)c21. The zero-order valence-electron chi connectivity index (χ0n) is 11.1. The van der Waals surface area contributed by atoms with Crippen LogP contribution in [0.1, 0.15) is 0 Å². The first-order valence-electron chi connectivity index (χ1n) is 6.22. The van der Waals surface area contributed by atoms with E-state index in [1.807, 2.05) is 42.1 Å². The number of rotatable bonds is 3. The predicted octanol–water partition coefficient (Wildman–Crippen LogP) is 4.53. The highest BCUT2D eigenvalue weighted by atomic mass is 35.5. The van der Waals surface area contributed by atoms with E-state index in [9.17, 15) is 10.1 Å². The standard InChI is InChI=1S/C15H11ClN2O3/c1-17-8-7-10-3-2-4-14(15(10)17)21-13-6-5-11(18(19)20)9-12(13)16/h2-9H,1H3. The van der Waals surface area contributed by atoms with Gasteiger partial charge in [0.15, 0.2) is 5.75 Å². The van der Waals surface area contributed by atoms with Crippen molar-refractivity contribution in [1.82, 2.24) is 4.57 Å². The normalized spacial score (nSPS) is 10.8. The molecule has 21 heavy (non-hydrogen) atoms. The molecular weight excluding hydrogens is 292 g/mol. The second-order valence-electron chi connectivity index (χ2n) is 4.59. The van der Waals surface area contributed by atoms with Crippen molar-refractivity contribution in [3.63, 3.8) is 0 Å². The van der Waals surface area contributed by atoms with Crippen molar-refractivity contribution in [1.29, 1.82) is 0 Å². The van der Waals surface area contributed by atoms with Crippen molar-refractivity contribution in [2.75, 3.05) is 0 Å². The van der Waals surface area contributed by atoms with Gasteiger partial charge in [-0.25, -0.2) is 0 Å². The van der Waals surface area contributed by atoms with Crippen LogP contribution in [-0.2, 0) is 7.05 Å². The molecule has 6 heteroatoms. The summed E-state index contributed by atoms with van der Waals surface area (Å²) in [6, 6.07) is 11.8. The molecule has 106 valence electrons. The monoisotopic (exact) mass is 302 g/mol. The van der Waals surface area contributed by atoms with Gasteiger partial charge in [0.25, 0.3) is 5.69 Å². The van der Waals surface area contributed by atoms with E-state index in [2.05, 4.69) is 0 Å². The lowest BCUT2D eigenvalue weighted by atomic mass is 10.2. The van der Waals surface area contributed by atoms with E-state index < -0.39 is 4.92 Å². The number of fused-ring (bicyclic) bond motifs is 1. The van der Waals surface area contributed by atoms with E-state index in [0.717, 1.165) is 10.9 Å². The summed E-state index contributed by atoms with van der Waals surface area (Å²) in [5.74, 6) is 1.03. The van der Waals surface area contributed by atoms with Gasteiger partial charge in [-0.2, -0.15) is 0 Å². The fraction of sp³-hybridized carbons (Fsp3) is 0.0667. The Kier molecular flexibility index (Phi) is 3.27. The van der Waals surface area contributed by atoms with Crippen LogP contribution >= 0.6 is 11.6 Å². The number of nitro groups is 1. The van der Waals surface area contributed by atoms with Gasteiger partial charge in [-0.05, 0) is 18.2 Å². The smallest absolute Gasteiger partial charge is 0.271 e. The van der Waals surface area contributed by atoms with E-state index in [0.29, 0.717) is 11.5 Å². The third-order valence-corrected chi connectivity index (χ3v) is 3.50. The molecular formula is C15H11ClN2O3. The molecule has 2 aromatic carbocycles. The lowest BCUT2D eigenvalue weighted by Crippen LogP contribution is -1.92. The lowest BCUT2D eigenvalue weighted by molar-refractivity contribution is -0.384. The van der Waals surface area contributed by atoms with Crippen molar-refractivity contribution < 1.29 is 9.66 Å². The Bertz CT molecular complexity index is 842. The summed E-state index contributed by atoms with van der Waals surface area (Å²) in [5.41, 5.74) is 0.872. The number of halogens is 1. The number of nitro benzene ring substituents is 1. The van der Waals surface area contributed by atoms with Gasteiger partial charge >= 0.3 is 0 Å². The maximum atomic E-state index is 10.7. The number of aryl methyl sites for hydroxylation is 1. The van der Waals surface area contributed by atoms with Crippen LogP contribution in [0.2, 0.25) is 5.02 Å². The molecule has 0 aliphatic carbocycles. The van der Waals surface area contributed by atoms with Crippen LogP contribution in [-0.4, -0.2) is 9.49 Å². The highest BCUT2D eigenvalue weighted by Crippen LogP contribution is 2.35. The van der Waals surface area contributed by atoms with E-state index in [1.165, 1.54) is 18.2 Å². The van der Waals surface area contributed by atoms with E-state index in [1.54, 1.807) is 0 Å². The van der Waals surface area contributed by atoms with Gasteiger partial charge in [0.05, 0.1) is 15.5 Å². The Morgan fingerprint density at radius 2 is 2.00 bits per heavy atom. The number of hydrogen-bond donors (Lipinski definition) is 0. The summed E-state index contributed by atoms with van der Waals surface area (Å²) in [5, 5.41) is 12.0. The summed E-state index contributed by atoms with van der Waals surface area (Å²) in [7, 11) is 1.92. The van der Waals surface area contributed by atoms with Gasteiger partial charge in [0.1, 0.15) is 5.75 Å². The Hall–Kier alpha value is -2.53. The van der Waals surface area contributed by atoms with E-state index >= 15 is 0 Å². The molecule has 0 amide bonds. The molecule has 1 aromatic heterocycles. The average Bonchev–Trinajstić information content (AvgIpc) is 2.83. The van der Waals surface area contributed by atoms with Crippen LogP contribution in [0.15, 0.2) is 48.7 Å². The molecule has 0 unspecified atom stereocenters. The van der Waals surface area contributed by atoms with E-state index in [4.69, 9.17) is 16.3 Å². The van der Waals surface area contributed by atoms with Crippen LogP contribution in [0, 0.1) is 10.1 Å². The molecule has 3 aromatic rings. The molecule has 0 saturated heterocycles. The fourth-order valence-electron chi connectivity index (χ4n) is 2.20. The number of non-ortho nitro benzene ring substituents is 1. The van der Waals surface area contributed by atoms with Gasteiger partial charge in [0, 0.05) is 30.8 Å². The molecule has 0 fully saturated rings. The van der Waals surface area contributed by atoms with Crippen molar-refractivity contribution in [2.24, 2.45) is 7.05 Å². The minimum atomic E-state index is -0.492. The summed E-state index contributed by atoms with van der Waals surface area (Å²) >= 11 is 6.05. The number of aromatic nitrogens is 1. The van der Waals surface area contributed by atoms with Gasteiger partial charge in [-0.15, -0.1) is 0 Å². The molecule has 0 aliphatic heterocycles. The maximum Gasteiger partial charge on any atom is 0.271 e. The van der Waals surface area contributed by atoms with Crippen LogP contribution in [0.3, 0.4) is 0 Å². The molecule has 0 atom stereocenters. The molecule has 0 saturated carbocycles.